The number of nitrogens with one attached hydrogen (secondary N) is 2. The number of carbonyl (C=O) groups excluding carboxylic acids is 1. The molecule has 0 aliphatic rings. The molecule has 2 aromatic rings. The van der Waals surface area contributed by atoms with E-state index < -0.39 is 0 Å². The van der Waals surface area contributed by atoms with Crippen molar-refractivity contribution in [3.05, 3.63) is 41.5 Å². The molecule has 0 saturated heterocycles. The molecule has 2 rings (SSSR count). The highest BCUT2D eigenvalue weighted by molar-refractivity contribution is 5.94. The molecule has 0 atom stereocenters. The van der Waals surface area contributed by atoms with Crippen LogP contribution in [0.1, 0.15) is 41.8 Å². The van der Waals surface area contributed by atoms with Crippen molar-refractivity contribution in [1.82, 2.24) is 15.5 Å². The summed E-state index contributed by atoms with van der Waals surface area (Å²) in [6.45, 7) is 3.04. The molecule has 23 heavy (non-hydrogen) atoms. The number of aromatic nitrogens is 2. The van der Waals surface area contributed by atoms with Crippen LogP contribution in [-0.4, -0.2) is 34.3 Å². The van der Waals surface area contributed by atoms with E-state index in [1.54, 1.807) is 12.1 Å². The Kier molecular flexibility index (Phi) is 6.56. The van der Waals surface area contributed by atoms with Crippen LogP contribution in [0.3, 0.4) is 0 Å². The summed E-state index contributed by atoms with van der Waals surface area (Å²) >= 11 is 0. The summed E-state index contributed by atoms with van der Waals surface area (Å²) in [4.78, 5) is 16.1. The van der Waals surface area contributed by atoms with Gasteiger partial charge in [0, 0.05) is 30.8 Å². The third kappa shape index (κ3) is 5.37. The molecule has 1 heterocycles. The van der Waals surface area contributed by atoms with Gasteiger partial charge < -0.3 is 20.3 Å². The molecule has 3 N–H and O–H groups in total. The number of anilines is 1. The average molecular weight is 318 g/mol. The zero-order valence-corrected chi connectivity index (χ0v) is 13.2. The van der Waals surface area contributed by atoms with Gasteiger partial charge in [0.25, 0.3) is 5.91 Å². The van der Waals surface area contributed by atoms with Crippen molar-refractivity contribution < 1.29 is 14.4 Å². The maximum Gasteiger partial charge on any atom is 0.251 e. The molecule has 0 saturated carbocycles. The van der Waals surface area contributed by atoms with Crippen molar-refractivity contribution in [2.45, 2.75) is 32.7 Å². The molecule has 0 spiro atoms. The Hall–Kier alpha value is -2.41. The van der Waals surface area contributed by atoms with E-state index in [0.717, 1.165) is 24.4 Å². The van der Waals surface area contributed by atoms with E-state index in [-0.39, 0.29) is 12.5 Å². The molecule has 0 aliphatic heterocycles. The van der Waals surface area contributed by atoms with Gasteiger partial charge >= 0.3 is 0 Å². The Bertz CT molecular complexity index is 610. The molecule has 7 heteroatoms. The normalized spacial score (nSPS) is 10.5. The topological polar surface area (TPSA) is 100 Å². The molecule has 0 bridgehead atoms. The first-order valence-corrected chi connectivity index (χ1v) is 7.77. The second-order valence-corrected chi connectivity index (χ2v) is 5.12. The first-order valence-electron chi connectivity index (χ1n) is 7.77. The van der Waals surface area contributed by atoms with Crippen molar-refractivity contribution in [2.24, 2.45) is 0 Å². The van der Waals surface area contributed by atoms with Crippen LogP contribution in [0.25, 0.3) is 0 Å². The van der Waals surface area contributed by atoms with Gasteiger partial charge in [-0.15, -0.1) is 0 Å². The van der Waals surface area contributed by atoms with E-state index >= 15 is 0 Å². The average Bonchev–Trinajstić information content (AvgIpc) is 3.01. The zero-order chi connectivity index (χ0) is 16.5. The smallest absolute Gasteiger partial charge is 0.251 e. The molecule has 0 unspecified atom stereocenters. The summed E-state index contributed by atoms with van der Waals surface area (Å²) < 4.78 is 5.15. The Labute approximate surface area is 135 Å². The molecular formula is C16H22N4O3. The number of rotatable bonds is 9. The predicted molar refractivity (Wildman–Crippen MR) is 86.1 cm³/mol. The molecule has 0 fully saturated rings. The minimum Gasteiger partial charge on any atom is -0.396 e. The number of nitrogens with zero attached hydrogens (tertiary/aromatic N) is 2. The SMILES string of the molecule is CCCc1noc(CNc2ccc(C(=O)NCCCO)cc2)n1. The highest BCUT2D eigenvalue weighted by Gasteiger charge is 2.07. The lowest BCUT2D eigenvalue weighted by atomic mass is 10.2. The third-order valence-electron chi connectivity index (χ3n) is 3.20. The standard InChI is InChI=1S/C16H22N4O3/c1-2-4-14-19-15(23-20-14)11-18-13-7-5-12(6-8-13)16(22)17-9-3-10-21/h5-8,18,21H,2-4,9-11H2,1H3,(H,17,22). The van der Waals surface area contributed by atoms with Gasteiger partial charge in [0.2, 0.25) is 5.89 Å². The predicted octanol–water partition coefficient (Wildman–Crippen LogP) is 1.75. The van der Waals surface area contributed by atoms with Crippen LogP contribution in [-0.2, 0) is 13.0 Å². The molecule has 1 aromatic carbocycles. The van der Waals surface area contributed by atoms with Crippen molar-refractivity contribution in [3.63, 3.8) is 0 Å². The van der Waals surface area contributed by atoms with E-state index in [2.05, 4.69) is 27.7 Å². The molecule has 124 valence electrons. The third-order valence-corrected chi connectivity index (χ3v) is 3.20. The number of hydrogen-bond acceptors (Lipinski definition) is 6. The van der Waals surface area contributed by atoms with Gasteiger partial charge in [-0.05, 0) is 37.1 Å². The summed E-state index contributed by atoms with van der Waals surface area (Å²) in [5, 5.41) is 18.5. The number of benzene rings is 1. The fourth-order valence-corrected chi connectivity index (χ4v) is 1.99. The van der Waals surface area contributed by atoms with E-state index in [1.807, 2.05) is 12.1 Å². The number of aliphatic hydroxyl groups excluding tert-OH is 1. The number of amides is 1. The van der Waals surface area contributed by atoms with E-state index in [1.165, 1.54) is 0 Å². The maximum absolute atomic E-state index is 11.8. The van der Waals surface area contributed by atoms with Gasteiger partial charge in [-0.3, -0.25) is 4.79 Å². The largest absolute Gasteiger partial charge is 0.396 e. The van der Waals surface area contributed by atoms with Crippen molar-refractivity contribution >= 4 is 11.6 Å². The van der Waals surface area contributed by atoms with Crippen LogP contribution in [0.4, 0.5) is 5.69 Å². The van der Waals surface area contributed by atoms with Crippen LogP contribution in [0.2, 0.25) is 0 Å². The van der Waals surface area contributed by atoms with Crippen LogP contribution >= 0.6 is 0 Å². The molecule has 1 aromatic heterocycles. The van der Waals surface area contributed by atoms with Gasteiger partial charge in [0.15, 0.2) is 5.82 Å². The lowest BCUT2D eigenvalue weighted by molar-refractivity contribution is 0.0951. The lowest BCUT2D eigenvalue weighted by Crippen LogP contribution is -2.24. The lowest BCUT2D eigenvalue weighted by Gasteiger charge is -2.06. The Morgan fingerprint density at radius 1 is 1.30 bits per heavy atom. The van der Waals surface area contributed by atoms with Gasteiger partial charge in [0.1, 0.15) is 0 Å². The van der Waals surface area contributed by atoms with Crippen LogP contribution in [0.5, 0.6) is 0 Å². The Balaban J connectivity index is 1.83. The van der Waals surface area contributed by atoms with Crippen molar-refractivity contribution in [3.8, 4) is 0 Å². The van der Waals surface area contributed by atoms with E-state index in [0.29, 0.717) is 31.0 Å². The molecular weight excluding hydrogens is 296 g/mol. The second kappa shape index (κ2) is 8.89. The number of hydrogen-bond donors (Lipinski definition) is 3. The number of aryl methyl sites for hydroxylation is 1. The van der Waals surface area contributed by atoms with Crippen LogP contribution in [0, 0.1) is 0 Å². The van der Waals surface area contributed by atoms with Crippen molar-refractivity contribution in [1.29, 1.82) is 0 Å². The summed E-state index contributed by atoms with van der Waals surface area (Å²) in [6.07, 6.45) is 2.34. The second-order valence-electron chi connectivity index (χ2n) is 5.12. The summed E-state index contributed by atoms with van der Waals surface area (Å²) in [7, 11) is 0. The molecule has 0 radical (unpaired) electrons. The van der Waals surface area contributed by atoms with Gasteiger partial charge in [0.05, 0.1) is 6.54 Å². The summed E-state index contributed by atoms with van der Waals surface area (Å²) in [5.74, 6) is 1.12. The Morgan fingerprint density at radius 2 is 2.09 bits per heavy atom. The quantitative estimate of drug-likeness (QED) is 0.609. The molecule has 1 amide bonds. The minimum atomic E-state index is -0.147. The minimum absolute atomic E-state index is 0.0682. The van der Waals surface area contributed by atoms with E-state index in [4.69, 9.17) is 9.63 Å². The number of aliphatic hydroxyl groups is 1. The fraction of sp³-hybridized carbons (Fsp3) is 0.438. The van der Waals surface area contributed by atoms with Crippen molar-refractivity contribution in [2.75, 3.05) is 18.5 Å². The first kappa shape index (κ1) is 17.0. The highest BCUT2D eigenvalue weighted by atomic mass is 16.5. The number of carbonyl (C=O) groups is 1. The molecule has 7 nitrogen and oxygen atoms in total. The highest BCUT2D eigenvalue weighted by Crippen LogP contribution is 2.11. The van der Waals surface area contributed by atoms with Gasteiger partial charge in [-0.1, -0.05) is 12.1 Å². The van der Waals surface area contributed by atoms with Gasteiger partial charge in [-0.25, -0.2) is 0 Å². The summed E-state index contributed by atoms with van der Waals surface area (Å²) in [6, 6.07) is 7.13. The van der Waals surface area contributed by atoms with Gasteiger partial charge in [-0.2, -0.15) is 4.98 Å². The van der Waals surface area contributed by atoms with Crippen LogP contribution < -0.4 is 10.6 Å². The zero-order valence-electron chi connectivity index (χ0n) is 13.2. The maximum atomic E-state index is 11.8. The first-order chi connectivity index (χ1) is 11.2. The molecule has 0 aliphatic carbocycles. The summed E-state index contributed by atoms with van der Waals surface area (Å²) in [5.41, 5.74) is 1.45. The van der Waals surface area contributed by atoms with Crippen LogP contribution in [0.15, 0.2) is 28.8 Å². The fourth-order valence-electron chi connectivity index (χ4n) is 1.99. The van der Waals surface area contributed by atoms with E-state index in [9.17, 15) is 4.79 Å². The Morgan fingerprint density at radius 3 is 2.78 bits per heavy atom. The monoisotopic (exact) mass is 318 g/mol.